The third kappa shape index (κ3) is 4.29. The Balaban J connectivity index is 1.84. The van der Waals surface area contributed by atoms with Crippen LogP contribution in [0.25, 0.3) is 6.08 Å². The van der Waals surface area contributed by atoms with E-state index in [0.717, 1.165) is 16.6 Å². The number of thiazole rings is 1. The number of amides is 1. The van der Waals surface area contributed by atoms with E-state index in [1.807, 2.05) is 5.38 Å². The average molecular weight is 308 g/mol. The molecule has 0 saturated heterocycles. The minimum Gasteiger partial charge on any atom is -0.478 e. The van der Waals surface area contributed by atoms with Crippen LogP contribution in [0.5, 0.6) is 0 Å². The molecule has 7 heteroatoms. The highest BCUT2D eigenvalue weighted by atomic mass is 32.1. The summed E-state index contributed by atoms with van der Waals surface area (Å²) in [5.41, 5.74) is 3.26. The zero-order valence-corrected chi connectivity index (χ0v) is 12.0. The molecule has 0 aliphatic carbocycles. The van der Waals surface area contributed by atoms with Crippen molar-refractivity contribution in [3.63, 3.8) is 0 Å². The molecule has 5 nitrogen and oxygen atoms in total. The van der Waals surface area contributed by atoms with E-state index in [0.29, 0.717) is 18.5 Å². The summed E-state index contributed by atoms with van der Waals surface area (Å²) >= 11 is 2.86. The van der Waals surface area contributed by atoms with Gasteiger partial charge in [0.15, 0.2) is 0 Å². The van der Waals surface area contributed by atoms with Crippen molar-refractivity contribution in [2.45, 2.75) is 6.42 Å². The molecule has 0 saturated carbocycles. The van der Waals surface area contributed by atoms with Gasteiger partial charge in [0.2, 0.25) is 0 Å². The average Bonchev–Trinajstić information content (AvgIpc) is 3.07. The predicted octanol–water partition coefficient (Wildman–Crippen LogP) is 2.27. The Morgan fingerprint density at radius 2 is 2.25 bits per heavy atom. The van der Waals surface area contributed by atoms with E-state index in [9.17, 15) is 9.59 Å². The van der Waals surface area contributed by atoms with Gasteiger partial charge in [0.25, 0.3) is 5.91 Å². The van der Waals surface area contributed by atoms with Crippen molar-refractivity contribution in [1.29, 1.82) is 0 Å². The second-order valence-electron chi connectivity index (χ2n) is 3.90. The number of aromatic nitrogens is 1. The van der Waals surface area contributed by atoms with Crippen molar-refractivity contribution in [2.75, 3.05) is 6.54 Å². The van der Waals surface area contributed by atoms with E-state index >= 15 is 0 Å². The highest BCUT2D eigenvalue weighted by Gasteiger charge is 2.07. The van der Waals surface area contributed by atoms with Gasteiger partial charge in [-0.15, -0.1) is 22.7 Å². The van der Waals surface area contributed by atoms with Crippen LogP contribution in [0.1, 0.15) is 20.9 Å². The second kappa shape index (κ2) is 6.97. The van der Waals surface area contributed by atoms with E-state index in [-0.39, 0.29) is 5.91 Å². The van der Waals surface area contributed by atoms with Crippen LogP contribution in [-0.4, -0.2) is 28.5 Å². The third-order valence-electron chi connectivity index (χ3n) is 2.42. The van der Waals surface area contributed by atoms with Crippen LogP contribution in [0, 0.1) is 0 Å². The Kier molecular flexibility index (Phi) is 5.03. The summed E-state index contributed by atoms with van der Waals surface area (Å²) in [4.78, 5) is 27.1. The standard InChI is InChI=1S/C13H12N2O3S2/c16-12(17)2-1-11-5-9(6-20-11)13(18)14-4-3-10-7-19-8-15-10/h1-2,5-8H,3-4H2,(H,14,18)(H,16,17). The first-order chi connectivity index (χ1) is 9.65. The monoisotopic (exact) mass is 308 g/mol. The van der Waals surface area contributed by atoms with E-state index < -0.39 is 5.97 Å². The predicted molar refractivity (Wildman–Crippen MR) is 79.1 cm³/mol. The molecule has 0 bridgehead atoms. The minimum absolute atomic E-state index is 0.161. The van der Waals surface area contributed by atoms with Crippen molar-refractivity contribution < 1.29 is 14.7 Å². The zero-order valence-electron chi connectivity index (χ0n) is 10.4. The molecule has 2 N–H and O–H groups in total. The molecule has 0 aliphatic rings. The normalized spacial score (nSPS) is 10.8. The Morgan fingerprint density at radius 3 is 2.95 bits per heavy atom. The van der Waals surface area contributed by atoms with Crippen molar-refractivity contribution in [2.24, 2.45) is 0 Å². The molecule has 0 spiro atoms. The lowest BCUT2D eigenvalue weighted by Crippen LogP contribution is -2.25. The molecular formula is C13H12N2O3S2. The molecule has 2 heterocycles. The summed E-state index contributed by atoms with van der Waals surface area (Å²) in [6.07, 6.45) is 3.22. The van der Waals surface area contributed by atoms with Gasteiger partial charge in [-0.3, -0.25) is 4.79 Å². The summed E-state index contributed by atoms with van der Waals surface area (Å²) in [5.74, 6) is -1.17. The number of carboxylic acid groups (broad SMARTS) is 1. The Labute approximate surface area is 123 Å². The molecule has 2 aromatic rings. The molecule has 1 amide bonds. The SMILES string of the molecule is O=C(O)C=Cc1cc(C(=O)NCCc2cscn2)cs1. The molecule has 0 unspecified atom stereocenters. The molecule has 20 heavy (non-hydrogen) atoms. The number of aliphatic carboxylic acids is 1. The lowest BCUT2D eigenvalue weighted by Gasteiger charge is -2.01. The van der Waals surface area contributed by atoms with Crippen molar-refractivity contribution >= 4 is 40.6 Å². The van der Waals surface area contributed by atoms with Crippen LogP contribution in [0.4, 0.5) is 0 Å². The van der Waals surface area contributed by atoms with E-state index in [1.165, 1.54) is 28.7 Å². The van der Waals surface area contributed by atoms with Gasteiger partial charge in [-0.2, -0.15) is 0 Å². The van der Waals surface area contributed by atoms with Gasteiger partial charge in [0.05, 0.1) is 16.8 Å². The van der Waals surface area contributed by atoms with Crippen molar-refractivity contribution in [1.82, 2.24) is 10.3 Å². The maximum absolute atomic E-state index is 11.9. The van der Waals surface area contributed by atoms with E-state index in [2.05, 4.69) is 10.3 Å². The topological polar surface area (TPSA) is 79.3 Å². The number of carboxylic acids is 1. The molecular weight excluding hydrogens is 296 g/mol. The lowest BCUT2D eigenvalue weighted by atomic mass is 10.2. The van der Waals surface area contributed by atoms with E-state index in [4.69, 9.17) is 5.11 Å². The molecule has 0 aliphatic heterocycles. The number of hydrogen-bond acceptors (Lipinski definition) is 5. The van der Waals surface area contributed by atoms with Crippen molar-refractivity contribution in [3.8, 4) is 0 Å². The molecule has 0 atom stereocenters. The zero-order chi connectivity index (χ0) is 14.4. The molecule has 2 rings (SSSR count). The number of rotatable bonds is 6. The van der Waals surface area contributed by atoms with Gasteiger partial charge in [-0.05, 0) is 12.1 Å². The van der Waals surface area contributed by atoms with Gasteiger partial charge < -0.3 is 10.4 Å². The number of carbonyl (C=O) groups excluding carboxylic acids is 1. The number of carbonyl (C=O) groups is 2. The summed E-state index contributed by atoms with van der Waals surface area (Å²) in [6.45, 7) is 0.526. The number of thiophene rings is 1. The first-order valence-electron chi connectivity index (χ1n) is 5.80. The summed E-state index contributed by atoms with van der Waals surface area (Å²) in [7, 11) is 0. The first kappa shape index (κ1) is 14.4. The third-order valence-corrected chi connectivity index (χ3v) is 3.96. The maximum Gasteiger partial charge on any atom is 0.328 e. The molecule has 0 fully saturated rings. The number of nitrogens with one attached hydrogen (secondary N) is 1. The Morgan fingerprint density at radius 1 is 1.40 bits per heavy atom. The highest BCUT2D eigenvalue weighted by molar-refractivity contribution is 7.11. The van der Waals surface area contributed by atoms with Crippen LogP contribution in [-0.2, 0) is 11.2 Å². The second-order valence-corrected chi connectivity index (χ2v) is 5.56. The van der Waals surface area contributed by atoms with Gasteiger partial charge in [-0.1, -0.05) is 0 Å². The lowest BCUT2D eigenvalue weighted by molar-refractivity contribution is -0.131. The molecule has 0 radical (unpaired) electrons. The summed E-state index contributed by atoms with van der Waals surface area (Å²) in [6, 6.07) is 1.67. The number of hydrogen-bond donors (Lipinski definition) is 2. The molecule has 2 aromatic heterocycles. The van der Waals surface area contributed by atoms with Gasteiger partial charge in [0, 0.05) is 34.7 Å². The van der Waals surface area contributed by atoms with Crippen LogP contribution in [0.15, 0.2) is 28.4 Å². The fourth-order valence-corrected chi connectivity index (χ4v) is 2.85. The Bertz CT molecular complexity index is 617. The van der Waals surface area contributed by atoms with Crippen LogP contribution >= 0.6 is 22.7 Å². The van der Waals surface area contributed by atoms with Gasteiger partial charge >= 0.3 is 5.97 Å². The largest absolute Gasteiger partial charge is 0.478 e. The first-order valence-corrected chi connectivity index (χ1v) is 7.62. The van der Waals surface area contributed by atoms with E-state index in [1.54, 1.807) is 17.0 Å². The Hall–Kier alpha value is -1.99. The summed E-state index contributed by atoms with van der Waals surface area (Å²) in [5, 5.41) is 15.0. The van der Waals surface area contributed by atoms with Crippen LogP contribution < -0.4 is 5.32 Å². The fraction of sp³-hybridized carbons (Fsp3) is 0.154. The quantitative estimate of drug-likeness (QED) is 0.802. The summed E-state index contributed by atoms with van der Waals surface area (Å²) < 4.78 is 0. The highest BCUT2D eigenvalue weighted by Crippen LogP contribution is 2.16. The van der Waals surface area contributed by atoms with Crippen molar-refractivity contribution in [3.05, 3.63) is 44.5 Å². The van der Waals surface area contributed by atoms with Gasteiger partial charge in [0.1, 0.15) is 0 Å². The number of nitrogens with zero attached hydrogens (tertiary/aromatic N) is 1. The fourth-order valence-electron chi connectivity index (χ4n) is 1.48. The van der Waals surface area contributed by atoms with Crippen LogP contribution in [0.3, 0.4) is 0 Å². The smallest absolute Gasteiger partial charge is 0.328 e. The maximum atomic E-state index is 11.9. The minimum atomic E-state index is -1.01. The van der Waals surface area contributed by atoms with Crippen LogP contribution in [0.2, 0.25) is 0 Å². The molecule has 0 aromatic carbocycles. The van der Waals surface area contributed by atoms with Gasteiger partial charge in [-0.25, -0.2) is 9.78 Å². The molecule has 104 valence electrons.